The molecule has 29 heavy (non-hydrogen) atoms. The average molecular weight is 467 g/mol. The minimum Gasteiger partial charge on any atom is -0.496 e. The zero-order chi connectivity index (χ0) is 21.0. The van der Waals surface area contributed by atoms with Crippen LogP contribution in [-0.2, 0) is 9.59 Å². The number of hydrogen-bond acceptors (Lipinski definition) is 5. The van der Waals surface area contributed by atoms with Crippen LogP contribution in [0.2, 0.25) is 10.0 Å². The van der Waals surface area contributed by atoms with Gasteiger partial charge in [-0.1, -0.05) is 71.4 Å². The van der Waals surface area contributed by atoms with Gasteiger partial charge in [0.2, 0.25) is 5.91 Å². The van der Waals surface area contributed by atoms with Gasteiger partial charge >= 0.3 is 0 Å². The van der Waals surface area contributed by atoms with E-state index in [1.54, 1.807) is 31.4 Å². The van der Waals surface area contributed by atoms with E-state index >= 15 is 0 Å². The standard InChI is InChI=1S/C20H16Cl2N2O3S2/c1-27-15-8-3-2-5-12(15)11-16-19(26)24(20(28)29-16)10-9-17(25)23-14-7-4-6-13(21)18(14)22/h2-8,11H,9-10H2,1H3,(H,23,25). The third-order valence-electron chi connectivity index (χ3n) is 4.09. The molecule has 1 saturated heterocycles. The molecule has 0 unspecified atom stereocenters. The van der Waals surface area contributed by atoms with Crippen LogP contribution in [0.3, 0.4) is 0 Å². The molecule has 1 aliphatic rings. The van der Waals surface area contributed by atoms with Crippen LogP contribution in [0.5, 0.6) is 5.75 Å². The lowest BCUT2D eigenvalue weighted by Crippen LogP contribution is -2.31. The maximum Gasteiger partial charge on any atom is 0.266 e. The van der Waals surface area contributed by atoms with Gasteiger partial charge in [-0.05, 0) is 24.3 Å². The summed E-state index contributed by atoms with van der Waals surface area (Å²) in [4.78, 5) is 26.9. The van der Waals surface area contributed by atoms with Crippen LogP contribution in [0.25, 0.3) is 6.08 Å². The van der Waals surface area contributed by atoms with Crippen LogP contribution in [0, 0.1) is 0 Å². The van der Waals surface area contributed by atoms with Crippen molar-refractivity contribution < 1.29 is 14.3 Å². The van der Waals surface area contributed by atoms with Crippen molar-refractivity contribution in [1.82, 2.24) is 4.90 Å². The van der Waals surface area contributed by atoms with Crippen LogP contribution in [0.15, 0.2) is 47.4 Å². The summed E-state index contributed by atoms with van der Waals surface area (Å²) >= 11 is 18.5. The number of rotatable bonds is 6. The summed E-state index contributed by atoms with van der Waals surface area (Å²) in [6.45, 7) is 0.165. The number of anilines is 1. The summed E-state index contributed by atoms with van der Waals surface area (Å²) < 4.78 is 5.72. The van der Waals surface area contributed by atoms with E-state index < -0.39 is 0 Å². The van der Waals surface area contributed by atoms with E-state index in [-0.39, 0.29) is 29.8 Å². The SMILES string of the molecule is COc1ccccc1C=C1SC(=S)N(CCC(=O)Nc2cccc(Cl)c2Cl)C1=O. The van der Waals surface area contributed by atoms with Gasteiger partial charge < -0.3 is 10.1 Å². The smallest absolute Gasteiger partial charge is 0.266 e. The second-order valence-corrected chi connectivity index (χ2v) is 8.44. The Labute approximate surface area is 188 Å². The Morgan fingerprint density at radius 3 is 2.76 bits per heavy atom. The molecule has 0 atom stereocenters. The fraction of sp³-hybridized carbons (Fsp3) is 0.150. The Morgan fingerprint density at radius 2 is 2.00 bits per heavy atom. The number of methoxy groups -OCH3 is 1. The predicted molar refractivity (Wildman–Crippen MR) is 123 cm³/mol. The van der Waals surface area contributed by atoms with E-state index in [2.05, 4.69) is 5.32 Å². The second kappa shape index (κ2) is 9.63. The van der Waals surface area contributed by atoms with Gasteiger partial charge in [-0.2, -0.15) is 0 Å². The van der Waals surface area contributed by atoms with E-state index in [1.807, 2.05) is 24.3 Å². The van der Waals surface area contributed by atoms with Crippen LogP contribution in [0.4, 0.5) is 5.69 Å². The fourth-order valence-corrected chi connectivity index (χ4v) is 4.29. The fourth-order valence-electron chi connectivity index (χ4n) is 2.65. The molecule has 2 amide bonds. The van der Waals surface area contributed by atoms with Crippen molar-refractivity contribution in [2.24, 2.45) is 0 Å². The Bertz CT molecular complexity index is 1010. The first kappa shape index (κ1) is 21.6. The number of thiocarbonyl (C=S) groups is 1. The van der Waals surface area contributed by atoms with Crippen molar-refractivity contribution in [2.45, 2.75) is 6.42 Å². The first-order valence-electron chi connectivity index (χ1n) is 8.53. The lowest BCUT2D eigenvalue weighted by Gasteiger charge is -2.14. The summed E-state index contributed by atoms with van der Waals surface area (Å²) in [6, 6.07) is 12.4. The molecular weight excluding hydrogens is 451 g/mol. The van der Waals surface area contributed by atoms with Crippen LogP contribution in [0.1, 0.15) is 12.0 Å². The number of benzene rings is 2. The molecule has 1 fully saturated rings. The molecule has 0 bridgehead atoms. The Morgan fingerprint density at radius 1 is 1.24 bits per heavy atom. The number of ether oxygens (including phenoxy) is 1. The van der Waals surface area contributed by atoms with Gasteiger partial charge in [0.05, 0.1) is 27.7 Å². The van der Waals surface area contributed by atoms with Crippen LogP contribution < -0.4 is 10.1 Å². The van der Waals surface area contributed by atoms with Gasteiger partial charge in [0.25, 0.3) is 5.91 Å². The maximum absolute atomic E-state index is 12.7. The molecule has 1 heterocycles. The van der Waals surface area contributed by atoms with E-state index in [1.165, 1.54) is 16.7 Å². The zero-order valence-electron chi connectivity index (χ0n) is 15.3. The molecule has 9 heteroatoms. The van der Waals surface area contributed by atoms with E-state index in [0.717, 1.165) is 5.56 Å². The molecule has 5 nitrogen and oxygen atoms in total. The molecule has 1 N–H and O–H groups in total. The van der Waals surface area contributed by atoms with Gasteiger partial charge in [0.15, 0.2) is 0 Å². The molecule has 0 saturated carbocycles. The maximum atomic E-state index is 12.7. The largest absolute Gasteiger partial charge is 0.496 e. The molecule has 2 aromatic rings. The normalized spacial score (nSPS) is 15.1. The summed E-state index contributed by atoms with van der Waals surface area (Å²) in [5, 5.41) is 3.32. The Kier molecular flexibility index (Phi) is 7.18. The van der Waals surface area contributed by atoms with Crippen molar-refractivity contribution in [3.63, 3.8) is 0 Å². The highest BCUT2D eigenvalue weighted by molar-refractivity contribution is 8.26. The van der Waals surface area contributed by atoms with Crippen molar-refractivity contribution >= 4 is 75.1 Å². The van der Waals surface area contributed by atoms with Gasteiger partial charge in [-0.3, -0.25) is 14.5 Å². The molecule has 0 radical (unpaired) electrons. The number of thioether (sulfide) groups is 1. The summed E-state index contributed by atoms with van der Waals surface area (Å²) in [5.74, 6) is 0.131. The molecular formula is C20H16Cl2N2O3S2. The number of hydrogen-bond donors (Lipinski definition) is 1. The highest BCUT2D eigenvalue weighted by Gasteiger charge is 2.32. The van der Waals surface area contributed by atoms with E-state index in [0.29, 0.717) is 25.7 Å². The number of amides is 2. The van der Waals surface area contributed by atoms with Crippen molar-refractivity contribution in [3.05, 3.63) is 63.0 Å². The van der Waals surface area contributed by atoms with Gasteiger partial charge in [0.1, 0.15) is 10.1 Å². The number of nitrogens with zero attached hydrogens (tertiary/aromatic N) is 1. The Hall–Kier alpha value is -2.06. The molecule has 150 valence electrons. The monoisotopic (exact) mass is 466 g/mol. The van der Waals surface area contributed by atoms with Crippen LogP contribution in [-0.4, -0.2) is 34.7 Å². The lowest BCUT2D eigenvalue weighted by atomic mass is 10.2. The first-order valence-corrected chi connectivity index (χ1v) is 10.5. The minimum absolute atomic E-state index is 0.0667. The highest BCUT2D eigenvalue weighted by atomic mass is 35.5. The highest BCUT2D eigenvalue weighted by Crippen LogP contribution is 2.34. The number of para-hydroxylation sites is 1. The van der Waals surface area contributed by atoms with E-state index in [4.69, 9.17) is 40.2 Å². The molecule has 0 aliphatic carbocycles. The summed E-state index contributed by atoms with van der Waals surface area (Å²) in [6.07, 6.45) is 1.81. The minimum atomic E-state index is -0.295. The molecule has 1 aliphatic heterocycles. The van der Waals surface area contributed by atoms with Gasteiger partial charge in [-0.15, -0.1) is 0 Å². The first-order chi connectivity index (χ1) is 13.9. The molecule has 0 spiro atoms. The van der Waals surface area contributed by atoms with Gasteiger partial charge in [-0.25, -0.2) is 0 Å². The third-order valence-corrected chi connectivity index (χ3v) is 6.28. The Balaban J connectivity index is 1.65. The second-order valence-electron chi connectivity index (χ2n) is 5.97. The molecule has 0 aromatic heterocycles. The summed E-state index contributed by atoms with van der Waals surface area (Å²) in [5.41, 5.74) is 1.20. The molecule has 2 aromatic carbocycles. The predicted octanol–water partition coefficient (Wildman–Crippen LogP) is 5.23. The quantitative estimate of drug-likeness (QED) is 0.466. The van der Waals surface area contributed by atoms with Crippen molar-refractivity contribution in [1.29, 1.82) is 0 Å². The van der Waals surface area contributed by atoms with Crippen LogP contribution >= 0.6 is 47.2 Å². The van der Waals surface area contributed by atoms with E-state index in [9.17, 15) is 9.59 Å². The van der Waals surface area contributed by atoms with Crippen molar-refractivity contribution in [3.8, 4) is 5.75 Å². The number of carbonyl (C=O) groups excluding carboxylic acids is 2. The third kappa shape index (κ3) is 5.11. The number of halogens is 2. The number of carbonyl (C=O) groups is 2. The average Bonchev–Trinajstić information content (AvgIpc) is 2.97. The van der Waals surface area contributed by atoms with Crippen molar-refractivity contribution in [2.75, 3.05) is 19.0 Å². The topological polar surface area (TPSA) is 58.6 Å². The van der Waals surface area contributed by atoms with Gasteiger partial charge in [0, 0.05) is 18.5 Å². The zero-order valence-corrected chi connectivity index (χ0v) is 18.4. The molecule has 3 rings (SSSR count). The number of nitrogens with one attached hydrogen (secondary N) is 1. The lowest BCUT2D eigenvalue weighted by molar-refractivity contribution is -0.122. The summed E-state index contributed by atoms with van der Waals surface area (Å²) in [7, 11) is 1.57.